The number of pyridine rings is 1. The lowest BCUT2D eigenvalue weighted by atomic mass is 10.1. The van der Waals surface area contributed by atoms with Crippen molar-refractivity contribution < 1.29 is 28.2 Å². The van der Waals surface area contributed by atoms with Crippen molar-refractivity contribution in [2.75, 3.05) is 7.11 Å². The molecule has 0 bridgehead atoms. The van der Waals surface area contributed by atoms with Crippen molar-refractivity contribution in [1.82, 2.24) is 15.3 Å². The third-order valence-electron chi connectivity index (χ3n) is 6.27. The van der Waals surface area contributed by atoms with Crippen molar-refractivity contribution in [2.45, 2.75) is 71.1 Å². The number of rotatable bonds is 12. The Morgan fingerprint density at radius 3 is 2.51 bits per heavy atom. The van der Waals surface area contributed by atoms with E-state index in [9.17, 15) is 9.59 Å². The maximum atomic E-state index is 12.7. The van der Waals surface area contributed by atoms with Crippen LogP contribution in [0, 0.1) is 0 Å². The van der Waals surface area contributed by atoms with Crippen molar-refractivity contribution in [3.63, 3.8) is 0 Å². The van der Waals surface area contributed by atoms with Crippen LogP contribution in [-0.2, 0) is 20.9 Å². The zero-order valence-electron chi connectivity index (χ0n) is 24.0. The number of methoxy groups -OCH3 is 1. The number of fused-ring (bicyclic) bond motifs is 1. The van der Waals surface area contributed by atoms with Gasteiger partial charge >= 0.3 is 12.1 Å². The normalized spacial score (nSPS) is 12.1. The highest BCUT2D eigenvalue weighted by Crippen LogP contribution is 2.33. The monoisotopic (exact) mass is 559 g/mol. The predicted octanol–water partition coefficient (Wildman–Crippen LogP) is 7.16. The summed E-state index contributed by atoms with van der Waals surface area (Å²) in [6.45, 7) is 5.71. The molecule has 0 aliphatic heterocycles. The molecule has 1 atom stereocenters. The number of carbonyl (C=O) groups is 2. The van der Waals surface area contributed by atoms with Gasteiger partial charge in [0.2, 0.25) is 11.8 Å². The second kappa shape index (κ2) is 13.8. The third-order valence-corrected chi connectivity index (χ3v) is 6.27. The number of oxazole rings is 1. The molecule has 2 heterocycles. The number of para-hydroxylation sites is 1. The minimum absolute atomic E-state index is 0.145. The number of amides is 1. The summed E-state index contributed by atoms with van der Waals surface area (Å²) in [6.07, 6.45) is 4.09. The van der Waals surface area contributed by atoms with Crippen LogP contribution in [0.4, 0.5) is 4.79 Å². The van der Waals surface area contributed by atoms with Crippen LogP contribution in [-0.4, -0.2) is 34.7 Å². The molecule has 9 heteroatoms. The number of aromatic nitrogens is 2. The van der Waals surface area contributed by atoms with E-state index in [-0.39, 0.29) is 12.6 Å². The average molecular weight is 560 g/mol. The van der Waals surface area contributed by atoms with Gasteiger partial charge in [0.05, 0.1) is 24.4 Å². The van der Waals surface area contributed by atoms with Crippen molar-refractivity contribution in [3.05, 3.63) is 78.3 Å². The van der Waals surface area contributed by atoms with E-state index in [1.165, 1.54) is 0 Å². The fourth-order valence-corrected chi connectivity index (χ4v) is 4.36. The lowest BCUT2D eigenvalue weighted by molar-refractivity contribution is -0.154. The van der Waals surface area contributed by atoms with Crippen LogP contribution in [0.2, 0.25) is 0 Å². The van der Waals surface area contributed by atoms with E-state index in [1.807, 2.05) is 81.4 Å². The Labute approximate surface area is 240 Å². The molecule has 2 aromatic heterocycles. The van der Waals surface area contributed by atoms with Gasteiger partial charge < -0.3 is 23.9 Å². The van der Waals surface area contributed by atoms with E-state index < -0.39 is 17.7 Å². The Bertz CT molecular complexity index is 1440. The first-order valence-electron chi connectivity index (χ1n) is 13.8. The lowest BCUT2D eigenvalue weighted by Gasteiger charge is -2.19. The van der Waals surface area contributed by atoms with E-state index in [0.29, 0.717) is 42.4 Å². The summed E-state index contributed by atoms with van der Waals surface area (Å²) in [5, 5.41) is 3.84. The van der Waals surface area contributed by atoms with Crippen LogP contribution in [0.1, 0.15) is 70.4 Å². The second-order valence-corrected chi connectivity index (χ2v) is 10.7. The molecule has 9 nitrogen and oxygen atoms in total. The molecule has 0 radical (unpaired) electrons. The number of carbonyl (C=O) groups excluding carboxylic acids is 2. The number of nitrogens with zero attached hydrogens (tertiary/aromatic N) is 2. The first-order valence-corrected chi connectivity index (χ1v) is 13.8. The SMILES string of the molecule is COc1nc2ccccc2cc1-c1cnc(C(CCCCCC(=O)OC(C)(C)C)NC(=O)OCc2ccccc2)o1. The molecule has 0 saturated heterocycles. The number of esters is 1. The summed E-state index contributed by atoms with van der Waals surface area (Å²) in [5.74, 6) is 1.02. The van der Waals surface area contributed by atoms with Gasteiger partial charge in [0, 0.05) is 11.8 Å². The molecule has 4 aromatic rings. The number of hydrogen-bond acceptors (Lipinski definition) is 8. The fraction of sp³-hybridized carbons (Fsp3) is 0.375. The van der Waals surface area contributed by atoms with Gasteiger partial charge in [-0.25, -0.2) is 14.8 Å². The van der Waals surface area contributed by atoms with Crippen LogP contribution in [0.25, 0.3) is 22.2 Å². The molecule has 1 unspecified atom stereocenters. The standard InChI is InChI=1S/C32H37N3O6/c1-32(2,3)41-28(36)18-10-6-9-17-26(35-31(37)39-21-22-13-7-5-8-14-22)30-33-20-27(40-30)24-19-23-15-11-12-16-25(23)34-29(24)38-4/h5,7-8,11-16,19-20,26H,6,9-10,17-18,21H2,1-4H3,(H,35,37). The Morgan fingerprint density at radius 1 is 1.00 bits per heavy atom. The van der Waals surface area contributed by atoms with Gasteiger partial charge in [0.1, 0.15) is 18.2 Å². The zero-order valence-corrected chi connectivity index (χ0v) is 24.0. The number of benzene rings is 2. The second-order valence-electron chi connectivity index (χ2n) is 10.7. The van der Waals surface area contributed by atoms with Crippen LogP contribution >= 0.6 is 0 Å². The van der Waals surface area contributed by atoms with Crippen molar-refractivity contribution >= 4 is 23.0 Å². The number of hydrogen-bond donors (Lipinski definition) is 1. The van der Waals surface area contributed by atoms with Crippen LogP contribution in [0.5, 0.6) is 5.88 Å². The summed E-state index contributed by atoms with van der Waals surface area (Å²) >= 11 is 0. The molecule has 41 heavy (non-hydrogen) atoms. The largest absolute Gasteiger partial charge is 0.480 e. The van der Waals surface area contributed by atoms with E-state index >= 15 is 0 Å². The van der Waals surface area contributed by atoms with Crippen LogP contribution in [0.15, 0.2) is 71.3 Å². The smallest absolute Gasteiger partial charge is 0.408 e. The molecular weight excluding hydrogens is 522 g/mol. The van der Waals surface area contributed by atoms with Crippen molar-refractivity contribution in [2.24, 2.45) is 0 Å². The quantitative estimate of drug-likeness (QED) is 0.144. The molecule has 0 aliphatic carbocycles. The number of unbranched alkanes of at least 4 members (excludes halogenated alkanes) is 2. The number of nitrogens with one attached hydrogen (secondary N) is 1. The van der Waals surface area contributed by atoms with E-state index in [4.69, 9.17) is 18.6 Å². The van der Waals surface area contributed by atoms with E-state index in [2.05, 4.69) is 15.3 Å². The molecule has 0 aliphatic rings. The molecule has 2 aromatic carbocycles. The lowest BCUT2D eigenvalue weighted by Crippen LogP contribution is -2.29. The summed E-state index contributed by atoms with van der Waals surface area (Å²) in [5.41, 5.74) is 1.85. The average Bonchev–Trinajstić information content (AvgIpc) is 3.44. The molecule has 4 rings (SSSR count). The number of alkyl carbamates (subject to hydrolysis) is 1. The molecule has 1 N–H and O–H groups in total. The number of ether oxygens (including phenoxy) is 3. The summed E-state index contributed by atoms with van der Waals surface area (Å²) < 4.78 is 22.5. The first kappa shape index (κ1) is 29.6. The van der Waals surface area contributed by atoms with Crippen LogP contribution in [0.3, 0.4) is 0 Å². The van der Waals surface area contributed by atoms with Gasteiger partial charge in [0.15, 0.2) is 5.76 Å². The van der Waals surface area contributed by atoms with Crippen molar-refractivity contribution in [3.8, 4) is 17.2 Å². The van der Waals surface area contributed by atoms with E-state index in [0.717, 1.165) is 29.3 Å². The van der Waals surface area contributed by atoms with Gasteiger partial charge in [-0.15, -0.1) is 0 Å². The summed E-state index contributed by atoms with van der Waals surface area (Å²) in [4.78, 5) is 33.9. The Morgan fingerprint density at radius 2 is 1.76 bits per heavy atom. The Hall–Kier alpha value is -4.40. The molecule has 0 fully saturated rings. The highest BCUT2D eigenvalue weighted by Gasteiger charge is 2.23. The fourth-order valence-electron chi connectivity index (χ4n) is 4.36. The van der Waals surface area contributed by atoms with Gasteiger partial charge in [-0.1, -0.05) is 61.4 Å². The Kier molecular flexibility index (Phi) is 9.95. The minimum atomic E-state index is -0.572. The molecular formula is C32H37N3O6. The predicted molar refractivity (Wildman–Crippen MR) is 155 cm³/mol. The first-order chi connectivity index (χ1) is 19.7. The van der Waals surface area contributed by atoms with Crippen molar-refractivity contribution in [1.29, 1.82) is 0 Å². The third kappa shape index (κ3) is 8.79. The van der Waals surface area contributed by atoms with Gasteiger partial charge in [-0.2, -0.15) is 0 Å². The summed E-state index contributed by atoms with van der Waals surface area (Å²) in [7, 11) is 1.56. The van der Waals surface area contributed by atoms with Gasteiger partial charge in [0.25, 0.3) is 0 Å². The highest BCUT2D eigenvalue weighted by atomic mass is 16.6. The topological polar surface area (TPSA) is 113 Å². The molecule has 0 saturated carbocycles. The van der Waals surface area contributed by atoms with Gasteiger partial charge in [-0.3, -0.25) is 4.79 Å². The molecule has 216 valence electrons. The molecule has 0 spiro atoms. The maximum Gasteiger partial charge on any atom is 0.408 e. The van der Waals surface area contributed by atoms with Crippen LogP contribution < -0.4 is 10.1 Å². The van der Waals surface area contributed by atoms with Gasteiger partial charge in [-0.05, 0) is 51.3 Å². The molecule has 1 amide bonds. The maximum absolute atomic E-state index is 12.7. The minimum Gasteiger partial charge on any atom is -0.480 e. The zero-order chi connectivity index (χ0) is 29.2. The van der Waals surface area contributed by atoms with E-state index in [1.54, 1.807) is 13.3 Å². The summed E-state index contributed by atoms with van der Waals surface area (Å²) in [6, 6.07) is 18.6. The highest BCUT2D eigenvalue weighted by molar-refractivity contribution is 5.85. The Balaban J connectivity index is 1.45.